The SMILES string of the molecule is CC(=O)c1nc(-c2ccccc2)n(C2CCCCC2)c1Cl. The van der Waals surface area contributed by atoms with Crippen molar-refractivity contribution >= 4 is 17.4 Å². The fraction of sp³-hybridized carbons (Fsp3) is 0.412. The zero-order valence-corrected chi connectivity index (χ0v) is 12.9. The molecular weight excluding hydrogens is 284 g/mol. The first-order chi connectivity index (χ1) is 10.2. The predicted molar refractivity (Wildman–Crippen MR) is 84.8 cm³/mol. The van der Waals surface area contributed by atoms with Gasteiger partial charge < -0.3 is 4.57 Å². The molecule has 0 unspecified atom stereocenters. The zero-order valence-electron chi connectivity index (χ0n) is 12.2. The Bertz CT molecular complexity index is 642. The minimum atomic E-state index is -0.0771. The second-order valence-electron chi connectivity index (χ2n) is 5.66. The van der Waals surface area contributed by atoms with Crippen molar-refractivity contribution in [3.05, 3.63) is 41.2 Å². The van der Waals surface area contributed by atoms with Crippen molar-refractivity contribution in [2.75, 3.05) is 0 Å². The van der Waals surface area contributed by atoms with E-state index < -0.39 is 0 Å². The lowest BCUT2D eigenvalue weighted by Gasteiger charge is -2.25. The number of imidazole rings is 1. The zero-order chi connectivity index (χ0) is 14.8. The van der Waals surface area contributed by atoms with Crippen molar-refractivity contribution in [2.24, 2.45) is 0 Å². The summed E-state index contributed by atoms with van der Waals surface area (Å²) in [6, 6.07) is 10.3. The molecule has 0 N–H and O–H groups in total. The first-order valence-electron chi connectivity index (χ1n) is 7.52. The molecule has 4 heteroatoms. The number of hydrogen-bond acceptors (Lipinski definition) is 2. The highest BCUT2D eigenvalue weighted by atomic mass is 35.5. The third kappa shape index (κ3) is 2.75. The van der Waals surface area contributed by atoms with Crippen LogP contribution in [-0.2, 0) is 0 Å². The summed E-state index contributed by atoms with van der Waals surface area (Å²) in [6.07, 6.45) is 5.91. The molecule has 0 spiro atoms. The number of carbonyl (C=O) groups is 1. The molecule has 1 saturated carbocycles. The van der Waals surface area contributed by atoms with Crippen molar-refractivity contribution in [3.8, 4) is 11.4 Å². The topological polar surface area (TPSA) is 34.9 Å². The first kappa shape index (κ1) is 14.3. The molecule has 2 aromatic rings. The molecule has 1 heterocycles. The van der Waals surface area contributed by atoms with Crippen LogP contribution < -0.4 is 0 Å². The third-order valence-electron chi connectivity index (χ3n) is 4.16. The van der Waals surface area contributed by atoms with Gasteiger partial charge in [-0.25, -0.2) is 4.98 Å². The quantitative estimate of drug-likeness (QED) is 0.755. The van der Waals surface area contributed by atoms with Crippen LogP contribution in [0.15, 0.2) is 30.3 Å². The number of rotatable bonds is 3. The normalized spacial score (nSPS) is 16.1. The van der Waals surface area contributed by atoms with Gasteiger partial charge in [-0.3, -0.25) is 4.79 Å². The van der Waals surface area contributed by atoms with Gasteiger partial charge in [0, 0.05) is 18.5 Å². The van der Waals surface area contributed by atoms with Crippen LogP contribution in [0.4, 0.5) is 0 Å². The van der Waals surface area contributed by atoms with E-state index in [4.69, 9.17) is 11.6 Å². The van der Waals surface area contributed by atoms with Gasteiger partial charge in [-0.15, -0.1) is 0 Å². The molecule has 0 aliphatic heterocycles. The fourth-order valence-electron chi connectivity index (χ4n) is 3.10. The molecule has 0 radical (unpaired) electrons. The van der Waals surface area contributed by atoms with Gasteiger partial charge in [-0.2, -0.15) is 0 Å². The van der Waals surface area contributed by atoms with Crippen molar-refractivity contribution in [3.63, 3.8) is 0 Å². The molecule has 3 nitrogen and oxygen atoms in total. The largest absolute Gasteiger partial charge is 0.311 e. The lowest BCUT2D eigenvalue weighted by atomic mass is 9.95. The summed E-state index contributed by atoms with van der Waals surface area (Å²) >= 11 is 6.49. The highest BCUT2D eigenvalue weighted by molar-refractivity contribution is 6.32. The van der Waals surface area contributed by atoms with Crippen molar-refractivity contribution in [1.29, 1.82) is 0 Å². The van der Waals surface area contributed by atoms with E-state index in [0.29, 0.717) is 16.9 Å². The summed E-state index contributed by atoms with van der Waals surface area (Å²) in [5, 5.41) is 0.494. The lowest BCUT2D eigenvalue weighted by Crippen LogP contribution is -2.14. The van der Waals surface area contributed by atoms with Crippen molar-refractivity contribution in [1.82, 2.24) is 9.55 Å². The molecule has 0 atom stereocenters. The molecule has 1 fully saturated rings. The molecule has 21 heavy (non-hydrogen) atoms. The number of hydrogen-bond donors (Lipinski definition) is 0. The number of halogens is 1. The molecule has 0 bridgehead atoms. The van der Waals surface area contributed by atoms with Crippen LogP contribution in [0.3, 0.4) is 0 Å². The predicted octanol–water partition coefficient (Wildman–Crippen LogP) is 4.91. The number of nitrogens with zero attached hydrogens (tertiary/aromatic N) is 2. The van der Waals surface area contributed by atoms with Gasteiger partial charge in [-0.05, 0) is 12.8 Å². The average Bonchev–Trinajstić information content (AvgIpc) is 2.87. The average molecular weight is 303 g/mol. The minimum Gasteiger partial charge on any atom is -0.311 e. The molecule has 1 aliphatic carbocycles. The first-order valence-corrected chi connectivity index (χ1v) is 7.90. The van der Waals surface area contributed by atoms with E-state index in [2.05, 4.69) is 9.55 Å². The van der Waals surface area contributed by atoms with Crippen LogP contribution in [0.2, 0.25) is 5.15 Å². The van der Waals surface area contributed by atoms with E-state index in [1.54, 1.807) is 0 Å². The van der Waals surface area contributed by atoms with E-state index in [-0.39, 0.29) is 5.78 Å². The highest BCUT2D eigenvalue weighted by Crippen LogP contribution is 2.36. The molecule has 1 aliphatic rings. The Kier molecular flexibility index (Phi) is 4.11. The molecule has 3 rings (SSSR count). The summed E-state index contributed by atoms with van der Waals surface area (Å²) in [5.74, 6) is 0.740. The summed E-state index contributed by atoms with van der Waals surface area (Å²) in [4.78, 5) is 16.3. The van der Waals surface area contributed by atoms with Crippen LogP contribution >= 0.6 is 11.6 Å². The number of Topliss-reactive ketones (excluding diaryl/α,β-unsaturated/α-hetero) is 1. The van der Waals surface area contributed by atoms with E-state index in [9.17, 15) is 4.79 Å². The van der Waals surface area contributed by atoms with Crippen molar-refractivity contribution in [2.45, 2.75) is 45.1 Å². The third-order valence-corrected chi connectivity index (χ3v) is 4.52. The van der Waals surface area contributed by atoms with Crippen LogP contribution in [0.5, 0.6) is 0 Å². The van der Waals surface area contributed by atoms with Crippen LogP contribution in [0.25, 0.3) is 11.4 Å². The van der Waals surface area contributed by atoms with E-state index in [1.807, 2.05) is 30.3 Å². The van der Waals surface area contributed by atoms with Gasteiger partial charge in [0.15, 0.2) is 5.78 Å². The molecule has 1 aromatic carbocycles. The number of benzene rings is 1. The smallest absolute Gasteiger partial charge is 0.181 e. The van der Waals surface area contributed by atoms with Gasteiger partial charge >= 0.3 is 0 Å². The van der Waals surface area contributed by atoms with Crippen molar-refractivity contribution < 1.29 is 4.79 Å². The van der Waals surface area contributed by atoms with Crippen LogP contribution in [0.1, 0.15) is 55.6 Å². The molecular formula is C17H19ClN2O. The minimum absolute atomic E-state index is 0.0771. The van der Waals surface area contributed by atoms with Crippen LogP contribution in [-0.4, -0.2) is 15.3 Å². The van der Waals surface area contributed by atoms with Gasteiger partial charge in [0.1, 0.15) is 16.7 Å². The Labute approximate surface area is 130 Å². The summed E-state index contributed by atoms with van der Waals surface area (Å²) in [7, 11) is 0. The number of ketones is 1. The Morgan fingerprint density at radius 2 is 1.86 bits per heavy atom. The molecule has 0 saturated heterocycles. The lowest BCUT2D eigenvalue weighted by molar-refractivity contribution is 0.101. The maximum atomic E-state index is 11.8. The van der Waals surface area contributed by atoms with Gasteiger partial charge in [0.05, 0.1) is 0 Å². The maximum absolute atomic E-state index is 11.8. The molecule has 0 amide bonds. The second-order valence-corrected chi connectivity index (χ2v) is 6.02. The Hall–Kier alpha value is -1.61. The standard InChI is InChI=1S/C17H19ClN2O/c1-12(21)15-16(18)20(14-10-6-3-7-11-14)17(19-15)13-8-4-2-5-9-13/h2,4-5,8-9,14H,3,6-7,10-11H2,1H3. The summed E-state index contributed by atoms with van der Waals surface area (Å²) < 4.78 is 2.08. The van der Waals surface area contributed by atoms with Gasteiger partial charge in [0.2, 0.25) is 0 Å². The Morgan fingerprint density at radius 1 is 1.19 bits per heavy atom. The Morgan fingerprint density at radius 3 is 2.48 bits per heavy atom. The van der Waals surface area contributed by atoms with Gasteiger partial charge in [0.25, 0.3) is 0 Å². The summed E-state index contributed by atoms with van der Waals surface area (Å²) in [5.41, 5.74) is 1.40. The number of aromatic nitrogens is 2. The highest BCUT2D eigenvalue weighted by Gasteiger charge is 2.26. The van der Waals surface area contributed by atoms with E-state index >= 15 is 0 Å². The molecule has 1 aromatic heterocycles. The monoisotopic (exact) mass is 302 g/mol. The second kappa shape index (κ2) is 6.02. The maximum Gasteiger partial charge on any atom is 0.181 e. The van der Waals surface area contributed by atoms with Gasteiger partial charge in [-0.1, -0.05) is 61.2 Å². The van der Waals surface area contributed by atoms with E-state index in [0.717, 1.165) is 24.2 Å². The Balaban J connectivity index is 2.13. The molecule has 110 valence electrons. The van der Waals surface area contributed by atoms with Crippen LogP contribution in [0, 0.1) is 0 Å². The van der Waals surface area contributed by atoms with E-state index in [1.165, 1.54) is 26.2 Å². The number of carbonyl (C=O) groups excluding carboxylic acids is 1. The fourth-order valence-corrected chi connectivity index (χ4v) is 3.49. The summed E-state index contributed by atoms with van der Waals surface area (Å²) in [6.45, 7) is 1.52.